The van der Waals surface area contributed by atoms with Gasteiger partial charge in [0.2, 0.25) is 5.95 Å². The zero-order chi connectivity index (χ0) is 14.7. The molecule has 2 N–H and O–H groups in total. The Bertz CT molecular complexity index is 768. The van der Waals surface area contributed by atoms with Gasteiger partial charge >= 0.3 is 6.01 Å². The number of hydrogen-bond acceptors (Lipinski definition) is 5. The predicted molar refractivity (Wildman–Crippen MR) is 83.0 cm³/mol. The zero-order valence-corrected chi connectivity index (χ0v) is 11.8. The molecule has 106 valence electrons. The van der Waals surface area contributed by atoms with Crippen LogP contribution in [0.2, 0.25) is 0 Å². The van der Waals surface area contributed by atoms with Crippen LogP contribution in [0.1, 0.15) is 13.3 Å². The number of nitrogens with zero attached hydrogens (tertiary/aromatic N) is 3. The highest BCUT2D eigenvalue weighted by atomic mass is 16.5. The normalized spacial score (nSPS) is 10.7. The van der Waals surface area contributed by atoms with Gasteiger partial charge in [0.05, 0.1) is 6.61 Å². The van der Waals surface area contributed by atoms with Gasteiger partial charge in [-0.1, -0.05) is 49.4 Å². The minimum atomic E-state index is 0.166. The van der Waals surface area contributed by atoms with Crippen LogP contribution in [0.25, 0.3) is 22.2 Å². The van der Waals surface area contributed by atoms with Crippen molar-refractivity contribution in [1.29, 1.82) is 0 Å². The molecule has 0 aliphatic rings. The van der Waals surface area contributed by atoms with Crippen LogP contribution >= 0.6 is 0 Å². The van der Waals surface area contributed by atoms with Gasteiger partial charge in [0.15, 0.2) is 5.82 Å². The van der Waals surface area contributed by atoms with Crippen molar-refractivity contribution < 1.29 is 4.74 Å². The molecule has 5 heteroatoms. The molecular weight excluding hydrogens is 264 g/mol. The van der Waals surface area contributed by atoms with E-state index < -0.39 is 0 Å². The standard InChI is InChI=1S/C16H16N4O/c1-2-10-21-16-19-14(18-15(17)20-16)13-9-5-7-11-6-3-4-8-12(11)13/h3-9H,2,10H2,1H3,(H2,17,18,19,20). The van der Waals surface area contributed by atoms with Crippen molar-refractivity contribution >= 4 is 16.7 Å². The maximum atomic E-state index is 5.77. The van der Waals surface area contributed by atoms with Crippen molar-refractivity contribution in [3.8, 4) is 17.4 Å². The molecule has 0 aliphatic carbocycles. The Morgan fingerprint density at radius 2 is 1.81 bits per heavy atom. The Labute approximate surface area is 122 Å². The second-order valence-electron chi connectivity index (χ2n) is 4.67. The SMILES string of the molecule is CCCOc1nc(N)nc(-c2cccc3ccccc23)n1. The molecular formula is C16H16N4O. The third kappa shape index (κ3) is 2.76. The van der Waals surface area contributed by atoms with Crippen molar-refractivity contribution in [3.63, 3.8) is 0 Å². The van der Waals surface area contributed by atoms with E-state index in [1.54, 1.807) is 0 Å². The summed E-state index contributed by atoms with van der Waals surface area (Å²) in [5.41, 5.74) is 6.69. The fourth-order valence-electron chi connectivity index (χ4n) is 2.17. The van der Waals surface area contributed by atoms with Crippen LogP contribution in [-0.2, 0) is 0 Å². The molecule has 0 atom stereocenters. The van der Waals surface area contributed by atoms with Crippen LogP contribution in [0, 0.1) is 0 Å². The summed E-state index contributed by atoms with van der Waals surface area (Å²) in [6.45, 7) is 2.58. The number of rotatable bonds is 4. The number of hydrogen-bond donors (Lipinski definition) is 1. The number of benzene rings is 2. The molecule has 0 spiro atoms. The summed E-state index contributed by atoms with van der Waals surface area (Å²) in [6.07, 6.45) is 0.884. The molecule has 0 saturated heterocycles. The first kappa shape index (κ1) is 13.3. The van der Waals surface area contributed by atoms with Gasteiger partial charge in [0.25, 0.3) is 0 Å². The molecule has 2 aromatic carbocycles. The molecule has 0 bridgehead atoms. The fourth-order valence-corrected chi connectivity index (χ4v) is 2.17. The average Bonchev–Trinajstić information content (AvgIpc) is 2.52. The number of aromatic nitrogens is 3. The van der Waals surface area contributed by atoms with Gasteiger partial charge in [-0.25, -0.2) is 0 Å². The smallest absolute Gasteiger partial charge is 0.321 e. The second kappa shape index (κ2) is 5.75. The van der Waals surface area contributed by atoms with Crippen molar-refractivity contribution in [2.24, 2.45) is 0 Å². The summed E-state index contributed by atoms with van der Waals surface area (Å²) < 4.78 is 5.47. The van der Waals surface area contributed by atoms with Gasteiger partial charge in [-0.2, -0.15) is 15.0 Å². The Kier molecular flexibility index (Phi) is 3.64. The first-order valence-electron chi connectivity index (χ1n) is 6.90. The summed E-state index contributed by atoms with van der Waals surface area (Å²) in [5, 5.41) is 2.21. The van der Waals surface area contributed by atoms with Gasteiger partial charge < -0.3 is 10.5 Å². The summed E-state index contributed by atoms with van der Waals surface area (Å²) >= 11 is 0. The largest absolute Gasteiger partial charge is 0.463 e. The van der Waals surface area contributed by atoms with E-state index in [0.717, 1.165) is 22.8 Å². The summed E-state index contributed by atoms with van der Waals surface area (Å²) in [5.74, 6) is 0.699. The average molecular weight is 280 g/mol. The zero-order valence-electron chi connectivity index (χ0n) is 11.8. The minimum Gasteiger partial charge on any atom is -0.463 e. The molecule has 1 heterocycles. The van der Waals surface area contributed by atoms with Crippen LogP contribution in [0.4, 0.5) is 5.95 Å². The molecule has 0 fully saturated rings. The molecule has 21 heavy (non-hydrogen) atoms. The van der Waals surface area contributed by atoms with Crippen LogP contribution in [-0.4, -0.2) is 21.6 Å². The summed E-state index contributed by atoms with van der Waals surface area (Å²) in [7, 11) is 0. The highest BCUT2D eigenvalue weighted by Crippen LogP contribution is 2.27. The van der Waals surface area contributed by atoms with E-state index in [4.69, 9.17) is 10.5 Å². The first-order chi connectivity index (χ1) is 10.3. The maximum absolute atomic E-state index is 5.77. The molecule has 0 amide bonds. The molecule has 5 nitrogen and oxygen atoms in total. The quantitative estimate of drug-likeness (QED) is 0.795. The molecule has 0 unspecified atom stereocenters. The highest BCUT2D eigenvalue weighted by Gasteiger charge is 2.10. The summed E-state index contributed by atoms with van der Waals surface area (Å²) in [6, 6.07) is 14.4. The van der Waals surface area contributed by atoms with Gasteiger partial charge in [-0.3, -0.25) is 0 Å². The van der Waals surface area contributed by atoms with E-state index in [2.05, 4.69) is 27.1 Å². The first-order valence-corrected chi connectivity index (χ1v) is 6.90. The van der Waals surface area contributed by atoms with Crippen molar-refractivity contribution in [3.05, 3.63) is 42.5 Å². The van der Waals surface area contributed by atoms with Gasteiger partial charge in [-0.15, -0.1) is 0 Å². The number of anilines is 1. The highest BCUT2D eigenvalue weighted by molar-refractivity contribution is 5.95. The number of ether oxygens (including phenoxy) is 1. The molecule has 0 aliphatic heterocycles. The van der Waals surface area contributed by atoms with Gasteiger partial charge in [0.1, 0.15) is 0 Å². The molecule has 1 aromatic heterocycles. The molecule has 0 saturated carbocycles. The van der Waals surface area contributed by atoms with Crippen LogP contribution in [0.3, 0.4) is 0 Å². The molecule has 3 rings (SSSR count). The van der Waals surface area contributed by atoms with Crippen molar-refractivity contribution in [2.75, 3.05) is 12.3 Å². The third-order valence-corrected chi connectivity index (χ3v) is 3.10. The van der Waals surface area contributed by atoms with E-state index in [9.17, 15) is 0 Å². The summed E-state index contributed by atoms with van der Waals surface area (Å²) in [4.78, 5) is 12.6. The Morgan fingerprint density at radius 3 is 2.67 bits per heavy atom. The minimum absolute atomic E-state index is 0.166. The Balaban J connectivity index is 2.12. The third-order valence-electron chi connectivity index (χ3n) is 3.10. The number of nitrogens with two attached hydrogens (primary N) is 1. The maximum Gasteiger partial charge on any atom is 0.321 e. The van der Waals surface area contributed by atoms with Crippen LogP contribution in [0.15, 0.2) is 42.5 Å². The topological polar surface area (TPSA) is 73.9 Å². The van der Waals surface area contributed by atoms with Crippen molar-refractivity contribution in [1.82, 2.24) is 15.0 Å². The fraction of sp³-hybridized carbons (Fsp3) is 0.188. The number of fused-ring (bicyclic) bond motifs is 1. The Morgan fingerprint density at radius 1 is 1.00 bits per heavy atom. The lowest BCUT2D eigenvalue weighted by atomic mass is 10.0. The lowest BCUT2D eigenvalue weighted by molar-refractivity contribution is 0.292. The molecule has 3 aromatic rings. The van der Waals surface area contributed by atoms with E-state index in [1.165, 1.54) is 0 Å². The van der Waals surface area contributed by atoms with E-state index >= 15 is 0 Å². The van der Waals surface area contributed by atoms with Crippen LogP contribution in [0.5, 0.6) is 6.01 Å². The lowest BCUT2D eigenvalue weighted by Gasteiger charge is -2.08. The van der Waals surface area contributed by atoms with E-state index in [1.807, 2.05) is 37.3 Å². The van der Waals surface area contributed by atoms with E-state index in [-0.39, 0.29) is 12.0 Å². The van der Waals surface area contributed by atoms with Gasteiger partial charge in [0, 0.05) is 5.56 Å². The molecule has 0 radical (unpaired) electrons. The Hall–Kier alpha value is -2.69. The van der Waals surface area contributed by atoms with Crippen LogP contribution < -0.4 is 10.5 Å². The van der Waals surface area contributed by atoms with Crippen molar-refractivity contribution in [2.45, 2.75) is 13.3 Å². The monoisotopic (exact) mass is 280 g/mol. The second-order valence-corrected chi connectivity index (χ2v) is 4.67. The van der Waals surface area contributed by atoms with E-state index in [0.29, 0.717) is 12.4 Å². The number of nitrogen functional groups attached to an aromatic ring is 1. The van der Waals surface area contributed by atoms with Gasteiger partial charge in [-0.05, 0) is 17.2 Å². The predicted octanol–water partition coefficient (Wildman–Crippen LogP) is 3.06. The lowest BCUT2D eigenvalue weighted by Crippen LogP contribution is -2.05.